The summed E-state index contributed by atoms with van der Waals surface area (Å²) in [6.07, 6.45) is 7.44. The molecule has 0 radical (unpaired) electrons. The molecule has 2 amide bonds. The molecule has 4 saturated carbocycles. The van der Waals surface area contributed by atoms with E-state index in [0.717, 1.165) is 47.6 Å². The number of nitrogens with one attached hydrogen (secondary N) is 2. The van der Waals surface area contributed by atoms with Crippen LogP contribution in [0.5, 0.6) is 0 Å². The fourth-order valence-electron chi connectivity index (χ4n) is 5.92. The summed E-state index contributed by atoms with van der Waals surface area (Å²) in [7, 11) is 0. The predicted molar refractivity (Wildman–Crippen MR) is 112 cm³/mol. The van der Waals surface area contributed by atoms with Gasteiger partial charge in [-0.2, -0.15) is 0 Å². The summed E-state index contributed by atoms with van der Waals surface area (Å²) in [5, 5.41) is 10.5. The van der Waals surface area contributed by atoms with E-state index in [1.54, 1.807) is 11.3 Å². The molecule has 4 bridgehead atoms. The Morgan fingerprint density at radius 3 is 2.46 bits per heavy atom. The minimum absolute atomic E-state index is 0.0992. The summed E-state index contributed by atoms with van der Waals surface area (Å²) in [6.45, 7) is 0.398. The average molecular weight is 416 g/mol. The molecule has 0 atom stereocenters. The topological polar surface area (TPSA) is 71.1 Å². The zero-order chi connectivity index (χ0) is 19.1. The summed E-state index contributed by atoms with van der Waals surface area (Å²) in [4.78, 5) is 30.7. The number of carbonyl (C=O) groups excluding carboxylic acids is 2. The number of carbonyl (C=O) groups is 2. The van der Waals surface area contributed by atoms with Crippen LogP contribution in [0.4, 0.5) is 5.13 Å². The Morgan fingerprint density at radius 1 is 1.11 bits per heavy atom. The molecule has 2 aromatic rings. The van der Waals surface area contributed by atoms with E-state index in [-0.39, 0.29) is 23.7 Å². The van der Waals surface area contributed by atoms with Gasteiger partial charge >= 0.3 is 0 Å². The maximum absolute atomic E-state index is 12.9. The van der Waals surface area contributed by atoms with Gasteiger partial charge in [-0.05, 0) is 67.7 Å². The summed E-state index contributed by atoms with van der Waals surface area (Å²) in [5.41, 5.74) is 0.751. The molecule has 4 aliphatic rings. The van der Waals surface area contributed by atoms with E-state index in [9.17, 15) is 9.59 Å². The Kier molecular flexibility index (Phi) is 4.75. The van der Waals surface area contributed by atoms with Gasteiger partial charge in [0.1, 0.15) is 0 Å². The normalized spacial score (nSPS) is 30.4. The zero-order valence-corrected chi connectivity index (χ0v) is 17.4. The van der Waals surface area contributed by atoms with Crippen LogP contribution in [-0.2, 0) is 9.59 Å². The van der Waals surface area contributed by atoms with Crippen LogP contribution >= 0.6 is 22.7 Å². The van der Waals surface area contributed by atoms with Crippen molar-refractivity contribution in [1.82, 2.24) is 10.3 Å². The van der Waals surface area contributed by atoms with E-state index >= 15 is 0 Å². The minimum Gasteiger partial charge on any atom is -0.355 e. The van der Waals surface area contributed by atoms with Crippen molar-refractivity contribution >= 4 is 39.6 Å². The number of aromatic nitrogens is 1. The van der Waals surface area contributed by atoms with Gasteiger partial charge in [-0.15, -0.1) is 22.7 Å². The van der Waals surface area contributed by atoms with Crippen molar-refractivity contribution in [3.05, 3.63) is 22.9 Å². The number of anilines is 1. The van der Waals surface area contributed by atoms with Crippen LogP contribution in [-0.4, -0.2) is 23.3 Å². The summed E-state index contributed by atoms with van der Waals surface area (Å²) < 4.78 is 0. The number of rotatable bonds is 6. The number of hydrogen-bond donors (Lipinski definition) is 2. The second kappa shape index (κ2) is 7.26. The first-order valence-electron chi connectivity index (χ1n) is 10.2. The lowest BCUT2D eigenvalue weighted by Crippen LogP contribution is -2.53. The van der Waals surface area contributed by atoms with Gasteiger partial charge in [0.05, 0.1) is 10.6 Å². The van der Waals surface area contributed by atoms with E-state index in [2.05, 4.69) is 15.6 Å². The highest BCUT2D eigenvalue weighted by atomic mass is 32.1. The molecule has 0 unspecified atom stereocenters. The Bertz CT molecular complexity index is 839. The lowest BCUT2D eigenvalue weighted by molar-refractivity contribution is -0.146. The molecule has 6 rings (SSSR count). The molecule has 5 nitrogen and oxygen atoms in total. The highest BCUT2D eigenvalue weighted by molar-refractivity contribution is 7.16. The molecule has 0 aliphatic heterocycles. The lowest BCUT2D eigenvalue weighted by atomic mass is 9.49. The molecular weight excluding hydrogens is 390 g/mol. The molecular formula is C21H25N3O2S2. The molecule has 2 aromatic heterocycles. The summed E-state index contributed by atoms with van der Waals surface area (Å²) in [6, 6.07) is 4.01. The van der Waals surface area contributed by atoms with Crippen molar-refractivity contribution in [3.8, 4) is 10.6 Å². The Labute approximate surface area is 173 Å². The van der Waals surface area contributed by atoms with Crippen LogP contribution in [0, 0.1) is 23.2 Å². The van der Waals surface area contributed by atoms with E-state index in [1.165, 1.54) is 30.6 Å². The van der Waals surface area contributed by atoms with Crippen LogP contribution in [0.15, 0.2) is 22.9 Å². The van der Waals surface area contributed by atoms with E-state index in [4.69, 9.17) is 0 Å². The smallest absolute Gasteiger partial charge is 0.227 e. The van der Waals surface area contributed by atoms with Gasteiger partial charge in [0, 0.05) is 23.8 Å². The van der Waals surface area contributed by atoms with Crippen LogP contribution in [0.3, 0.4) is 0 Å². The molecule has 148 valence electrons. The van der Waals surface area contributed by atoms with Crippen LogP contribution in [0.2, 0.25) is 0 Å². The third-order valence-electron chi connectivity index (χ3n) is 6.68. The zero-order valence-electron chi connectivity index (χ0n) is 15.8. The van der Waals surface area contributed by atoms with Gasteiger partial charge in [0.2, 0.25) is 11.8 Å². The molecule has 28 heavy (non-hydrogen) atoms. The average Bonchev–Trinajstić information content (AvgIpc) is 3.32. The molecule has 0 spiro atoms. The molecule has 2 N–H and O–H groups in total. The van der Waals surface area contributed by atoms with Crippen molar-refractivity contribution in [2.75, 3.05) is 11.9 Å². The largest absolute Gasteiger partial charge is 0.355 e. The number of thiophene rings is 1. The number of nitrogens with zero attached hydrogens (tertiary/aromatic N) is 1. The molecule has 4 aliphatic carbocycles. The highest BCUT2D eigenvalue weighted by Crippen LogP contribution is 2.60. The third-order valence-corrected chi connectivity index (χ3v) is 8.33. The summed E-state index contributed by atoms with van der Waals surface area (Å²) >= 11 is 3.06. The monoisotopic (exact) mass is 415 g/mol. The first kappa shape index (κ1) is 18.3. The highest BCUT2D eigenvalue weighted by Gasteiger charge is 2.54. The Balaban J connectivity index is 1.11. The van der Waals surface area contributed by atoms with E-state index < -0.39 is 0 Å². The number of amides is 2. The molecule has 4 fully saturated rings. The Hall–Kier alpha value is -1.73. The predicted octanol–water partition coefficient (Wildman–Crippen LogP) is 4.53. The molecule has 0 aromatic carbocycles. The minimum atomic E-state index is -0.143. The van der Waals surface area contributed by atoms with Crippen molar-refractivity contribution in [3.63, 3.8) is 0 Å². The van der Waals surface area contributed by atoms with E-state index in [0.29, 0.717) is 11.7 Å². The van der Waals surface area contributed by atoms with Gasteiger partial charge < -0.3 is 10.6 Å². The SMILES string of the molecule is O=C(CCNC(=O)C12CC3CC(CC(C3)C1)C2)Nc1nc(-c2cccs2)cs1. The third kappa shape index (κ3) is 3.50. The van der Waals surface area contributed by atoms with Crippen molar-refractivity contribution < 1.29 is 9.59 Å². The fourth-order valence-corrected chi connectivity index (χ4v) is 7.40. The van der Waals surface area contributed by atoms with Gasteiger partial charge in [-0.25, -0.2) is 4.98 Å². The first-order valence-corrected chi connectivity index (χ1v) is 11.9. The lowest BCUT2D eigenvalue weighted by Gasteiger charge is -2.55. The molecule has 2 heterocycles. The second-order valence-electron chi connectivity index (χ2n) is 8.77. The van der Waals surface area contributed by atoms with Gasteiger partial charge in [-0.3, -0.25) is 9.59 Å². The van der Waals surface area contributed by atoms with Crippen LogP contribution < -0.4 is 10.6 Å². The van der Waals surface area contributed by atoms with Crippen LogP contribution in [0.25, 0.3) is 10.6 Å². The summed E-state index contributed by atoms with van der Waals surface area (Å²) in [5.74, 6) is 2.35. The fraction of sp³-hybridized carbons (Fsp3) is 0.571. The van der Waals surface area contributed by atoms with Crippen molar-refractivity contribution in [1.29, 1.82) is 0 Å². The van der Waals surface area contributed by atoms with Gasteiger partial charge in [-0.1, -0.05) is 6.07 Å². The second-order valence-corrected chi connectivity index (χ2v) is 10.6. The van der Waals surface area contributed by atoms with Gasteiger partial charge in [0.25, 0.3) is 0 Å². The Morgan fingerprint density at radius 2 is 1.82 bits per heavy atom. The van der Waals surface area contributed by atoms with Crippen LogP contribution in [0.1, 0.15) is 44.9 Å². The van der Waals surface area contributed by atoms with Gasteiger partial charge in [0.15, 0.2) is 5.13 Å². The maximum Gasteiger partial charge on any atom is 0.227 e. The van der Waals surface area contributed by atoms with Crippen molar-refractivity contribution in [2.24, 2.45) is 23.2 Å². The maximum atomic E-state index is 12.9. The molecule has 7 heteroatoms. The van der Waals surface area contributed by atoms with E-state index in [1.807, 2.05) is 22.9 Å². The van der Waals surface area contributed by atoms with Crippen molar-refractivity contribution in [2.45, 2.75) is 44.9 Å². The molecule has 0 saturated heterocycles. The first-order chi connectivity index (χ1) is 13.6. The standard InChI is InChI=1S/C21H25N3O2S2/c25-18(24-20-23-16(12-28-20)17-2-1-5-27-17)3-4-22-19(26)21-9-13-6-14(10-21)8-15(7-13)11-21/h1-2,5,12-15H,3-4,6-11H2,(H,22,26)(H,23,24,25). The number of hydrogen-bond acceptors (Lipinski definition) is 5. The quantitative estimate of drug-likeness (QED) is 0.728. The number of thiazole rings is 1.